The molecule has 4 bridgehead atoms. The Morgan fingerprint density at radius 1 is 0.905 bits per heavy atom. The first kappa shape index (κ1) is 15.1. The van der Waals surface area contributed by atoms with E-state index >= 15 is 0 Å². The molecular formula is C20H30O. The van der Waals surface area contributed by atoms with Crippen LogP contribution < -0.4 is 0 Å². The molecule has 6 aliphatic carbocycles. The van der Waals surface area contributed by atoms with Gasteiger partial charge in [0.15, 0.2) is 5.78 Å². The Morgan fingerprint density at radius 3 is 1.86 bits per heavy atom. The SMILES string of the molecule is CC1=CC(=O)C2CC1C2(C)C.CC1=CCC2CC1C2(C)C. The molecule has 1 heteroatoms. The van der Waals surface area contributed by atoms with Gasteiger partial charge in [-0.2, -0.15) is 0 Å². The molecule has 0 amide bonds. The van der Waals surface area contributed by atoms with Crippen LogP contribution in [0.3, 0.4) is 0 Å². The van der Waals surface area contributed by atoms with Gasteiger partial charge in [-0.3, -0.25) is 4.79 Å². The van der Waals surface area contributed by atoms with Gasteiger partial charge in [0.05, 0.1) is 0 Å². The Labute approximate surface area is 129 Å². The summed E-state index contributed by atoms with van der Waals surface area (Å²) >= 11 is 0. The summed E-state index contributed by atoms with van der Waals surface area (Å²) in [7, 11) is 0. The third kappa shape index (κ3) is 2.07. The van der Waals surface area contributed by atoms with Crippen molar-refractivity contribution in [1.29, 1.82) is 0 Å². The van der Waals surface area contributed by atoms with Gasteiger partial charge in [-0.25, -0.2) is 0 Å². The van der Waals surface area contributed by atoms with E-state index in [1.165, 1.54) is 18.4 Å². The van der Waals surface area contributed by atoms with Gasteiger partial charge in [0.1, 0.15) is 0 Å². The lowest BCUT2D eigenvalue weighted by Crippen LogP contribution is -2.51. The zero-order valence-corrected chi connectivity index (χ0v) is 14.5. The van der Waals surface area contributed by atoms with E-state index < -0.39 is 0 Å². The third-order valence-electron chi connectivity index (χ3n) is 7.28. The Balaban J connectivity index is 0.000000126. The topological polar surface area (TPSA) is 17.1 Å². The number of carbonyl (C=O) groups is 1. The van der Waals surface area contributed by atoms with Gasteiger partial charge in [0.2, 0.25) is 0 Å². The Morgan fingerprint density at radius 2 is 1.52 bits per heavy atom. The van der Waals surface area contributed by atoms with Crippen molar-refractivity contribution in [3.63, 3.8) is 0 Å². The molecule has 1 nitrogen and oxygen atoms in total. The molecule has 6 aliphatic rings. The monoisotopic (exact) mass is 286 g/mol. The van der Waals surface area contributed by atoms with Crippen molar-refractivity contribution in [3.8, 4) is 0 Å². The average Bonchev–Trinajstić information content (AvgIpc) is 2.37. The van der Waals surface area contributed by atoms with Gasteiger partial charge in [0, 0.05) is 5.92 Å². The molecule has 0 aliphatic heterocycles. The summed E-state index contributed by atoms with van der Waals surface area (Å²) in [5.74, 6) is 3.30. The molecule has 0 saturated heterocycles. The highest BCUT2D eigenvalue weighted by molar-refractivity contribution is 5.95. The van der Waals surface area contributed by atoms with Gasteiger partial charge in [0.25, 0.3) is 0 Å². The van der Waals surface area contributed by atoms with Gasteiger partial charge in [-0.05, 0) is 67.8 Å². The molecule has 2 fully saturated rings. The molecule has 2 saturated carbocycles. The number of allylic oxidation sites excluding steroid dienone is 4. The molecule has 0 spiro atoms. The lowest BCUT2D eigenvalue weighted by Gasteiger charge is -2.56. The average molecular weight is 286 g/mol. The summed E-state index contributed by atoms with van der Waals surface area (Å²) in [4.78, 5) is 11.4. The van der Waals surface area contributed by atoms with E-state index in [1.54, 1.807) is 5.57 Å². The van der Waals surface area contributed by atoms with E-state index in [0.29, 0.717) is 23.0 Å². The third-order valence-corrected chi connectivity index (χ3v) is 7.28. The molecule has 0 aromatic rings. The van der Waals surface area contributed by atoms with Crippen LogP contribution >= 0.6 is 0 Å². The van der Waals surface area contributed by atoms with E-state index in [-0.39, 0.29) is 5.41 Å². The van der Waals surface area contributed by atoms with Crippen LogP contribution in [0.15, 0.2) is 23.3 Å². The zero-order chi connectivity index (χ0) is 15.6. The summed E-state index contributed by atoms with van der Waals surface area (Å²) in [5.41, 5.74) is 3.84. The molecule has 0 radical (unpaired) electrons. The molecule has 0 N–H and O–H groups in total. The van der Waals surface area contributed by atoms with Crippen molar-refractivity contribution in [2.75, 3.05) is 0 Å². The summed E-state index contributed by atoms with van der Waals surface area (Å²) in [6.45, 7) is 13.6. The molecular weight excluding hydrogens is 256 g/mol. The Bertz CT molecular complexity index is 532. The van der Waals surface area contributed by atoms with Crippen molar-refractivity contribution >= 4 is 5.78 Å². The highest BCUT2D eigenvalue weighted by Crippen LogP contribution is 2.59. The smallest absolute Gasteiger partial charge is 0.159 e. The van der Waals surface area contributed by atoms with E-state index in [4.69, 9.17) is 0 Å². The van der Waals surface area contributed by atoms with Crippen LogP contribution in [0.25, 0.3) is 0 Å². The lowest BCUT2D eigenvalue weighted by atomic mass is 9.49. The predicted molar refractivity (Wildman–Crippen MR) is 87.9 cm³/mol. The van der Waals surface area contributed by atoms with Crippen molar-refractivity contribution in [2.45, 2.75) is 60.8 Å². The van der Waals surface area contributed by atoms with Crippen molar-refractivity contribution in [1.82, 2.24) is 0 Å². The fourth-order valence-electron chi connectivity index (χ4n) is 5.27. The van der Waals surface area contributed by atoms with Gasteiger partial charge < -0.3 is 0 Å². The number of hydrogen-bond acceptors (Lipinski definition) is 1. The highest BCUT2D eigenvalue weighted by Gasteiger charge is 2.54. The number of hydrogen-bond donors (Lipinski definition) is 0. The summed E-state index contributed by atoms with van der Waals surface area (Å²) in [6, 6.07) is 0. The van der Waals surface area contributed by atoms with Crippen LogP contribution in [0.5, 0.6) is 0 Å². The minimum Gasteiger partial charge on any atom is -0.295 e. The van der Waals surface area contributed by atoms with Crippen LogP contribution in [0.2, 0.25) is 0 Å². The highest BCUT2D eigenvalue weighted by atomic mass is 16.1. The molecule has 21 heavy (non-hydrogen) atoms. The molecule has 0 aromatic carbocycles. The van der Waals surface area contributed by atoms with E-state index in [2.05, 4.69) is 47.6 Å². The van der Waals surface area contributed by atoms with Crippen LogP contribution in [0.1, 0.15) is 60.8 Å². The first-order valence-electron chi connectivity index (χ1n) is 8.54. The maximum absolute atomic E-state index is 11.4. The van der Waals surface area contributed by atoms with Crippen LogP contribution in [0, 0.1) is 34.5 Å². The molecule has 116 valence electrons. The quantitative estimate of drug-likeness (QED) is 0.561. The van der Waals surface area contributed by atoms with Gasteiger partial charge >= 0.3 is 0 Å². The second kappa shape index (κ2) is 4.57. The zero-order valence-electron chi connectivity index (χ0n) is 14.5. The fraction of sp³-hybridized carbons (Fsp3) is 0.750. The van der Waals surface area contributed by atoms with E-state index in [1.807, 2.05) is 6.08 Å². The molecule has 4 unspecified atom stereocenters. The lowest BCUT2D eigenvalue weighted by molar-refractivity contribution is -0.133. The second-order valence-corrected chi connectivity index (χ2v) is 8.94. The first-order valence-corrected chi connectivity index (χ1v) is 8.54. The number of ketones is 1. The Kier molecular flexibility index (Phi) is 3.28. The first-order chi connectivity index (χ1) is 9.65. The fourth-order valence-corrected chi connectivity index (χ4v) is 5.27. The summed E-state index contributed by atoms with van der Waals surface area (Å²) in [5, 5.41) is 0. The molecule has 0 aromatic heterocycles. The minimum atomic E-state index is 0.260. The van der Waals surface area contributed by atoms with Crippen molar-refractivity contribution < 1.29 is 4.79 Å². The maximum atomic E-state index is 11.4. The summed E-state index contributed by atoms with van der Waals surface area (Å²) < 4.78 is 0. The molecule has 0 heterocycles. The van der Waals surface area contributed by atoms with Gasteiger partial charge in [-0.15, -0.1) is 0 Å². The standard InChI is InChI=1S/C10H14O.C10H16/c1-6-4-9(11)8-5-7(6)10(8,2)3;1-7-4-5-8-6-9(7)10(8,2)3/h4,7-8H,5H2,1-3H3;4,8-9H,5-6H2,1-3H3. The normalized spacial score (nSPS) is 40.8. The summed E-state index contributed by atoms with van der Waals surface area (Å²) in [6.07, 6.45) is 8.19. The number of carbonyl (C=O) groups excluding carboxylic acids is 1. The van der Waals surface area contributed by atoms with Crippen molar-refractivity contribution in [3.05, 3.63) is 23.3 Å². The van der Waals surface area contributed by atoms with Crippen LogP contribution in [0.4, 0.5) is 0 Å². The second-order valence-electron chi connectivity index (χ2n) is 8.94. The van der Waals surface area contributed by atoms with Crippen LogP contribution in [-0.4, -0.2) is 5.78 Å². The van der Waals surface area contributed by atoms with E-state index in [0.717, 1.165) is 18.3 Å². The maximum Gasteiger partial charge on any atom is 0.159 e. The van der Waals surface area contributed by atoms with E-state index in [9.17, 15) is 4.79 Å². The minimum absolute atomic E-state index is 0.260. The number of rotatable bonds is 0. The van der Waals surface area contributed by atoms with Crippen LogP contribution in [-0.2, 0) is 4.79 Å². The predicted octanol–water partition coefficient (Wildman–Crippen LogP) is 5.18. The molecule has 6 rings (SSSR count). The Hall–Kier alpha value is -0.850. The number of fused-ring (bicyclic) bond motifs is 2. The van der Waals surface area contributed by atoms with Crippen molar-refractivity contribution in [2.24, 2.45) is 34.5 Å². The largest absolute Gasteiger partial charge is 0.295 e. The van der Waals surface area contributed by atoms with Gasteiger partial charge in [-0.1, -0.05) is 44.9 Å². The molecule has 4 atom stereocenters.